The number of carbonyl (C=O) groups excluding carboxylic acids is 2. The molecule has 3 N–H and O–H groups in total. The predicted octanol–water partition coefficient (Wildman–Crippen LogP) is 4.72. The maximum Gasteiger partial charge on any atom is 0.251 e. The fourth-order valence-electron chi connectivity index (χ4n) is 3.34. The van der Waals surface area contributed by atoms with E-state index >= 15 is 0 Å². The summed E-state index contributed by atoms with van der Waals surface area (Å²) in [4.78, 5) is 24.8. The standard InChI is InChI=1S/C28H27N3O5/c32-27(31-23-9-4-7-21(17-23)28(33)30-19-26-13-6-14-34-26)20-29-22-8-5-12-25(18-22)36-16-15-35-24-10-2-1-3-11-24/h1-14,17-18,29H,15-16,19-20H2,(H,30,33)(H,31,32). The fraction of sp³-hybridized carbons (Fsp3) is 0.143. The zero-order chi connectivity index (χ0) is 25.0. The summed E-state index contributed by atoms with van der Waals surface area (Å²) in [5.74, 6) is 1.62. The van der Waals surface area contributed by atoms with Gasteiger partial charge in [-0.2, -0.15) is 0 Å². The second-order valence-electron chi connectivity index (χ2n) is 7.78. The SMILES string of the molecule is O=C(CNc1cccc(OCCOc2ccccc2)c1)Nc1cccc(C(=O)NCc2ccco2)c1. The van der Waals surface area contributed by atoms with Crippen molar-refractivity contribution < 1.29 is 23.5 Å². The first kappa shape index (κ1) is 24.4. The molecule has 0 fully saturated rings. The largest absolute Gasteiger partial charge is 0.490 e. The first-order valence-corrected chi connectivity index (χ1v) is 11.5. The van der Waals surface area contributed by atoms with Crippen LogP contribution in [0.5, 0.6) is 11.5 Å². The lowest BCUT2D eigenvalue weighted by Crippen LogP contribution is -2.24. The van der Waals surface area contributed by atoms with Crippen LogP contribution in [-0.4, -0.2) is 31.6 Å². The minimum Gasteiger partial charge on any atom is -0.490 e. The Kier molecular flexibility index (Phi) is 8.58. The number of anilines is 2. The number of hydrogen-bond acceptors (Lipinski definition) is 6. The van der Waals surface area contributed by atoms with Crippen molar-refractivity contribution in [1.82, 2.24) is 5.32 Å². The molecule has 0 aliphatic carbocycles. The number of benzene rings is 3. The Bertz CT molecular complexity index is 1260. The summed E-state index contributed by atoms with van der Waals surface area (Å²) in [6.45, 7) is 1.15. The van der Waals surface area contributed by atoms with E-state index in [1.54, 1.807) is 42.7 Å². The molecule has 8 heteroatoms. The molecule has 4 aromatic rings. The lowest BCUT2D eigenvalue weighted by molar-refractivity contribution is -0.114. The summed E-state index contributed by atoms with van der Waals surface area (Å²) in [6, 6.07) is 27.2. The highest BCUT2D eigenvalue weighted by molar-refractivity contribution is 5.98. The van der Waals surface area contributed by atoms with Gasteiger partial charge in [-0.25, -0.2) is 0 Å². The monoisotopic (exact) mass is 485 g/mol. The van der Waals surface area contributed by atoms with Crippen LogP contribution < -0.4 is 25.4 Å². The Morgan fingerprint density at radius 3 is 2.31 bits per heavy atom. The average molecular weight is 486 g/mol. The van der Waals surface area contributed by atoms with Crippen LogP contribution in [0.25, 0.3) is 0 Å². The summed E-state index contributed by atoms with van der Waals surface area (Å²) in [5.41, 5.74) is 1.72. The Morgan fingerprint density at radius 2 is 1.50 bits per heavy atom. The molecule has 0 bridgehead atoms. The van der Waals surface area contributed by atoms with E-state index in [2.05, 4.69) is 16.0 Å². The first-order chi connectivity index (χ1) is 17.7. The van der Waals surface area contributed by atoms with Crippen molar-refractivity contribution >= 4 is 23.2 Å². The second kappa shape index (κ2) is 12.7. The number of amides is 2. The zero-order valence-corrected chi connectivity index (χ0v) is 19.6. The summed E-state index contributed by atoms with van der Waals surface area (Å²) >= 11 is 0. The van der Waals surface area contributed by atoms with Gasteiger partial charge in [-0.15, -0.1) is 0 Å². The maximum absolute atomic E-state index is 12.4. The fourth-order valence-corrected chi connectivity index (χ4v) is 3.34. The smallest absolute Gasteiger partial charge is 0.251 e. The summed E-state index contributed by atoms with van der Waals surface area (Å²) < 4.78 is 16.6. The highest BCUT2D eigenvalue weighted by Crippen LogP contribution is 2.18. The predicted molar refractivity (Wildman–Crippen MR) is 137 cm³/mol. The molecule has 0 radical (unpaired) electrons. The summed E-state index contributed by atoms with van der Waals surface area (Å²) in [6.07, 6.45) is 1.55. The third-order valence-corrected chi connectivity index (χ3v) is 5.06. The summed E-state index contributed by atoms with van der Waals surface area (Å²) in [7, 11) is 0. The van der Waals surface area contributed by atoms with Gasteiger partial charge in [0.1, 0.15) is 30.5 Å². The lowest BCUT2D eigenvalue weighted by atomic mass is 10.2. The minimum atomic E-state index is -0.258. The van der Waals surface area contributed by atoms with Crippen LogP contribution in [0.1, 0.15) is 16.1 Å². The normalized spacial score (nSPS) is 10.3. The first-order valence-electron chi connectivity index (χ1n) is 11.5. The van der Waals surface area contributed by atoms with Crippen molar-refractivity contribution in [2.75, 3.05) is 30.4 Å². The third-order valence-electron chi connectivity index (χ3n) is 5.06. The van der Waals surface area contributed by atoms with Crippen molar-refractivity contribution in [3.8, 4) is 11.5 Å². The van der Waals surface area contributed by atoms with Gasteiger partial charge < -0.3 is 29.8 Å². The summed E-state index contributed by atoms with van der Waals surface area (Å²) in [5, 5.41) is 8.67. The van der Waals surface area contributed by atoms with Gasteiger partial charge in [-0.1, -0.05) is 30.3 Å². The van der Waals surface area contributed by atoms with Crippen molar-refractivity contribution in [3.05, 3.63) is 109 Å². The van der Waals surface area contributed by atoms with E-state index in [-0.39, 0.29) is 24.9 Å². The van der Waals surface area contributed by atoms with Crippen LogP contribution in [0.4, 0.5) is 11.4 Å². The molecule has 0 spiro atoms. The molecule has 8 nitrogen and oxygen atoms in total. The molecule has 36 heavy (non-hydrogen) atoms. The highest BCUT2D eigenvalue weighted by Gasteiger charge is 2.09. The van der Waals surface area contributed by atoms with E-state index in [4.69, 9.17) is 13.9 Å². The van der Waals surface area contributed by atoms with Gasteiger partial charge in [0.15, 0.2) is 0 Å². The van der Waals surface area contributed by atoms with Gasteiger partial charge >= 0.3 is 0 Å². The Morgan fingerprint density at radius 1 is 0.750 bits per heavy atom. The van der Waals surface area contributed by atoms with E-state index in [1.165, 1.54) is 0 Å². The van der Waals surface area contributed by atoms with Crippen molar-refractivity contribution in [3.63, 3.8) is 0 Å². The Labute approximate surface area is 209 Å². The molecule has 0 aliphatic heterocycles. The van der Waals surface area contributed by atoms with Gasteiger partial charge in [0, 0.05) is 23.0 Å². The van der Waals surface area contributed by atoms with Crippen molar-refractivity contribution in [2.45, 2.75) is 6.54 Å². The van der Waals surface area contributed by atoms with Crippen LogP contribution in [-0.2, 0) is 11.3 Å². The second-order valence-corrected chi connectivity index (χ2v) is 7.78. The molecule has 1 heterocycles. The Balaban J connectivity index is 1.21. The van der Waals surface area contributed by atoms with Gasteiger partial charge in [-0.05, 0) is 54.6 Å². The van der Waals surface area contributed by atoms with Crippen LogP contribution in [0.2, 0.25) is 0 Å². The van der Waals surface area contributed by atoms with Crippen LogP contribution in [0.3, 0.4) is 0 Å². The number of para-hydroxylation sites is 1. The van der Waals surface area contributed by atoms with E-state index < -0.39 is 0 Å². The molecule has 184 valence electrons. The molecule has 0 unspecified atom stereocenters. The number of furan rings is 1. The van der Waals surface area contributed by atoms with E-state index in [0.717, 1.165) is 11.4 Å². The van der Waals surface area contributed by atoms with Crippen LogP contribution in [0, 0.1) is 0 Å². The molecule has 4 rings (SSSR count). The number of carbonyl (C=O) groups is 2. The third kappa shape index (κ3) is 7.66. The quantitative estimate of drug-likeness (QED) is 0.251. The number of rotatable bonds is 12. The highest BCUT2D eigenvalue weighted by atomic mass is 16.5. The minimum absolute atomic E-state index is 0.0511. The zero-order valence-electron chi connectivity index (χ0n) is 19.6. The van der Waals surface area contributed by atoms with Crippen molar-refractivity contribution in [2.24, 2.45) is 0 Å². The molecule has 0 saturated heterocycles. The molecular weight excluding hydrogens is 458 g/mol. The molecule has 1 aromatic heterocycles. The number of hydrogen-bond donors (Lipinski definition) is 3. The van der Waals surface area contributed by atoms with Gasteiger partial charge in [-0.3, -0.25) is 9.59 Å². The van der Waals surface area contributed by atoms with E-state index in [1.807, 2.05) is 54.6 Å². The lowest BCUT2D eigenvalue weighted by Gasteiger charge is -2.11. The molecule has 2 amide bonds. The van der Waals surface area contributed by atoms with Gasteiger partial charge in [0.05, 0.1) is 19.4 Å². The maximum atomic E-state index is 12.4. The van der Waals surface area contributed by atoms with Gasteiger partial charge in [0.25, 0.3) is 5.91 Å². The molecular formula is C28H27N3O5. The van der Waals surface area contributed by atoms with Gasteiger partial charge in [0.2, 0.25) is 5.91 Å². The number of nitrogens with one attached hydrogen (secondary N) is 3. The molecule has 0 atom stereocenters. The molecule has 0 saturated carbocycles. The molecule has 0 aliphatic rings. The van der Waals surface area contributed by atoms with E-state index in [0.29, 0.717) is 36.0 Å². The van der Waals surface area contributed by atoms with Crippen LogP contribution in [0.15, 0.2) is 102 Å². The van der Waals surface area contributed by atoms with E-state index in [9.17, 15) is 9.59 Å². The molecule has 3 aromatic carbocycles. The Hall–Kier alpha value is -4.72. The number of ether oxygens (including phenoxy) is 2. The van der Waals surface area contributed by atoms with Crippen LogP contribution >= 0.6 is 0 Å². The topological polar surface area (TPSA) is 102 Å². The average Bonchev–Trinajstić information content (AvgIpc) is 3.43. The van der Waals surface area contributed by atoms with Crippen molar-refractivity contribution in [1.29, 1.82) is 0 Å².